The van der Waals surface area contributed by atoms with Gasteiger partial charge in [-0.15, -0.1) is 0 Å². The van der Waals surface area contributed by atoms with Crippen molar-refractivity contribution in [3.8, 4) is 5.75 Å². The Morgan fingerprint density at radius 3 is 2.96 bits per heavy atom. The molecule has 27 heavy (non-hydrogen) atoms. The molecule has 2 aliphatic heterocycles. The summed E-state index contributed by atoms with van der Waals surface area (Å²) in [7, 11) is 0. The summed E-state index contributed by atoms with van der Waals surface area (Å²) in [5.74, 6) is 0.728. The van der Waals surface area contributed by atoms with Gasteiger partial charge < -0.3 is 20.1 Å². The molecule has 1 fully saturated rings. The number of aromatic nitrogens is 1. The molecule has 6 nitrogen and oxygen atoms in total. The molecule has 1 saturated heterocycles. The average Bonchev–Trinajstić information content (AvgIpc) is 3.24. The highest BCUT2D eigenvalue weighted by atomic mass is 32.1. The number of hydrogen-bond donors (Lipinski definition) is 2. The number of benzene rings is 2. The zero-order valence-corrected chi connectivity index (χ0v) is 15.7. The normalized spacial score (nSPS) is 17.3. The largest absolute Gasteiger partial charge is 0.493 e. The molecule has 1 aromatic heterocycles. The molecule has 2 N–H and O–H groups in total. The second-order valence-electron chi connectivity index (χ2n) is 7.41. The van der Waals surface area contributed by atoms with Gasteiger partial charge in [-0.2, -0.15) is 0 Å². The number of rotatable bonds is 3. The monoisotopic (exact) mass is 381 g/mol. The van der Waals surface area contributed by atoms with Crippen molar-refractivity contribution in [2.45, 2.75) is 18.9 Å². The number of nitrogens with one attached hydrogen (secondary N) is 1. The SMILES string of the molecule is CC1(O)CN(c2nc3cc(NC(=O)c4ccc5c(c4)CCO5)ccc3s2)C1. The average molecular weight is 381 g/mol. The molecule has 0 saturated carbocycles. The zero-order chi connectivity index (χ0) is 18.6. The molecule has 138 valence electrons. The maximum absolute atomic E-state index is 12.6. The minimum absolute atomic E-state index is 0.140. The Kier molecular flexibility index (Phi) is 3.63. The van der Waals surface area contributed by atoms with E-state index in [-0.39, 0.29) is 5.91 Å². The van der Waals surface area contributed by atoms with Crippen molar-refractivity contribution in [2.75, 3.05) is 29.9 Å². The topological polar surface area (TPSA) is 74.7 Å². The lowest BCUT2D eigenvalue weighted by Gasteiger charge is -2.43. The van der Waals surface area contributed by atoms with Gasteiger partial charge in [-0.25, -0.2) is 4.98 Å². The quantitative estimate of drug-likeness (QED) is 0.729. The first-order chi connectivity index (χ1) is 13.0. The van der Waals surface area contributed by atoms with Crippen LogP contribution in [-0.4, -0.2) is 41.3 Å². The Morgan fingerprint density at radius 1 is 1.30 bits per heavy atom. The van der Waals surface area contributed by atoms with E-state index >= 15 is 0 Å². The predicted molar refractivity (Wildman–Crippen MR) is 106 cm³/mol. The molecule has 0 atom stereocenters. The van der Waals surface area contributed by atoms with Crippen LogP contribution in [0.25, 0.3) is 10.2 Å². The van der Waals surface area contributed by atoms with Crippen LogP contribution in [-0.2, 0) is 6.42 Å². The second kappa shape index (κ2) is 5.94. The Morgan fingerprint density at radius 2 is 2.15 bits per heavy atom. The van der Waals surface area contributed by atoms with Gasteiger partial charge in [0.25, 0.3) is 5.91 Å². The molecule has 3 heterocycles. The fourth-order valence-corrected chi connectivity index (χ4v) is 4.51. The molecule has 2 aliphatic rings. The van der Waals surface area contributed by atoms with E-state index in [1.54, 1.807) is 17.4 Å². The third-order valence-electron chi connectivity index (χ3n) is 4.92. The summed E-state index contributed by atoms with van der Waals surface area (Å²) in [5, 5.41) is 13.8. The van der Waals surface area contributed by atoms with E-state index in [4.69, 9.17) is 4.74 Å². The van der Waals surface area contributed by atoms with Crippen LogP contribution < -0.4 is 15.0 Å². The van der Waals surface area contributed by atoms with Crippen molar-refractivity contribution in [3.05, 3.63) is 47.5 Å². The van der Waals surface area contributed by atoms with Gasteiger partial charge in [-0.05, 0) is 48.9 Å². The van der Waals surface area contributed by atoms with Crippen molar-refractivity contribution < 1.29 is 14.6 Å². The van der Waals surface area contributed by atoms with E-state index in [2.05, 4.69) is 15.2 Å². The number of nitrogens with zero attached hydrogens (tertiary/aromatic N) is 2. The molecule has 5 rings (SSSR count). The first kappa shape index (κ1) is 16.5. The number of aliphatic hydroxyl groups is 1. The molecule has 2 aromatic carbocycles. The van der Waals surface area contributed by atoms with Gasteiger partial charge in [0.2, 0.25) is 0 Å². The number of hydrogen-bond acceptors (Lipinski definition) is 6. The van der Waals surface area contributed by atoms with E-state index < -0.39 is 5.60 Å². The van der Waals surface area contributed by atoms with E-state index in [0.29, 0.717) is 25.3 Å². The molecule has 0 unspecified atom stereocenters. The molecule has 1 amide bonds. The van der Waals surface area contributed by atoms with Crippen LogP contribution in [0.5, 0.6) is 5.75 Å². The first-order valence-corrected chi connectivity index (χ1v) is 9.74. The smallest absolute Gasteiger partial charge is 0.255 e. The van der Waals surface area contributed by atoms with Gasteiger partial charge in [-0.3, -0.25) is 4.79 Å². The Hall–Kier alpha value is -2.64. The van der Waals surface area contributed by atoms with Crippen molar-refractivity contribution in [1.82, 2.24) is 4.98 Å². The van der Waals surface area contributed by atoms with Crippen molar-refractivity contribution in [3.63, 3.8) is 0 Å². The highest BCUT2D eigenvalue weighted by Gasteiger charge is 2.38. The van der Waals surface area contributed by atoms with Gasteiger partial charge in [0, 0.05) is 17.7 Å². The van der Waals surface area contributed by atoms with E-state index in [1.807, 2.05) is 37.3 Å². The van der Waals surface area contributed by atoms with Crippen LogP contribution in [0.15, 0.2) is 36.4 Å². The number of amides is 1. The van der Waals surface area contributed by atoms with Crippen molar-refractivity contribution >= 4 is 38.3 Å². The van der Waals surface area contributed by atoms with Gasteiger partial charge >= 0.3 is 0 Å². The van der Waals surface area contributed by atoms with Crippen LogP contribution in [0.2, 0.25) is 0 Å². The van der Waals surface area contributed by atoms with Gasteiger partial charge in [0.1, 0.15) is 5.75 Å². The van der Waals surface area contributed by atoms with Crippen molar-refractivity contribution in [1.29, 1.82) is 0 Å². The van der Waals surface area contributed by atoms with Gasteiger partial charge in [0.05, 0.1) is 35.5 Å². The van der Waals surface area contributed by atoms with E-state index in [0.717, 1.165) is 38.8 Å². The number of fused-ring (bicyclic) bond motifs is 2. The first-order valence-electron chi connectivity index (χ1n) is 8.92. The fraction of sp³-hybridized carbons (Fsp3) is 0.300. The Bertz CT molecular complexity index is 1050. The summed E-state index contributed by atoms with van der Waals surface area (Å²) in [5.41, 5.74) is 2.64. The van der Waals surface area contributed by atoms with E-state index in [9.17, 15) is 9.90 Å². The highest BCUT2D eigenvalue weighted by Crippen LogP contribution is 2.35. The Labute approximate surface area is 160 Å². The van der Waals surface area contributed by atoms with Crippen molar-refractivity contribution in [2.24, 2.45) is 0 Å². The lowest BCUT2D eigenvalue weighted by Crippen LogP contribution is -2.60. The summed E-state index contributed by atoms with van der Waals surface area (Å²) < 4.78 is 6.55. The summed E-state index contributed by atoms with van der Waals surface area (Å²) in [6.45, 7) is 3.70. The molecule has 0 spiro atoms. The predicted octanol–water partition coefficient (Wildman–Crippen LogP) is 3.05. The van der Waals surface area contributed by atoms with Crippen LogP contribution >= 0.6 is 11.3 Å². The Balaban J connectivity index is 1.35. The molecule has 0 bridgehead atoms. The lowest BCUT2D eigenvalue weighted by atomic mass is 9.98. The number of carbonyl (C=O) groups is 1. The third kappa shape index (κ3) is 3.02. The summed E-state index contributed by atoms with van der Waals surface area (Å²) >= 11 is 1.60. The molecule has 0 radical (unpaired) electrons. The van der Waals surface area contributed by atoms with Crippen LogP contribution in [0.1, 0.15) is 22.8 Å². The molecule has 0 aliphatic carbocycles. The number of ether oxygens (including phenoxy) is 1. The maximum atomic E-state index is 12.6. The standard InChI is InChI=1S/C20H19N3O3S/c1-20(25)10-23(11-20)19-22-15-9-14(3-5-17(15)27-19)21-18(24)13-2-4-16-12(8-13)6-7-26-16/h2-5,8-9,25H,6-7,10-11H2,1H3,(H,21,24). The van der Waals surface area contributed by atoms with E-state index in [1.165, 1.54) is 0 Å². The highest BCUT2D eigenvalue weighted by molar-refractivity contribution is 7.22. The van der Waals surface area contributed by atoms with Crippen LogP contribution in [0.4, 0.5) is 10.8 Å². The summed E-state index contributed by atoms with van der Waals surface area (Å²) in [6.07, 6.45) is 0.841. The molecular formula is C20H19N3O3S. The van der Waals surface area contributed by atoms with Gasteiger partial charge in [-0.1, -0.05) is 11.3 Å². The maximum Gasteiger partial charge on any atom is 0.255 e. The van der Waals surface area contributed by atoms with Crippen LogP contribution in [0.3, 0.4) is 0 Å². The molecule has 3 aromatic rings. The summed E-state index contributed by atoms with van der Waals surface area (Å²) in [4.78, 5) is 19.3. The summed E-state index contributed by atoms with van der Waals surface area (Å²) in [6, 6.07) is 11.3. The zero-order valence-electron chi connectivity index (χ0n) is 14.9. The minimum Gasteiger partial charge on any atom is -0.493 e. The van der Waals surface area contributed by atoms with Gasteiger partial charge in [0.15, 0.2) is 5.13 Å². The number of carbonyl (C=O) groups excluding carboxylic acids is 1. The fourth-order valence-electron chi connectivity index (χ4n) is 3.57. The number of thiazole rings is 1. The lowest BCUT2D eigenvalue weighted by molar-refractivity contribution is 0.0310. The number of β-amino-alcohol motifs (C(OH)–C–C–N with tert-alkyl or cyclic N) is 1. The molecular weight excluding hydrogens is 362 g/mol. The number of anilines is 2. The van der Waals surface area contributed by atoms with Crippen LogP contribution in [0, 0.1) is 0 Å². The molecule has 7 heteroatoms. The second-order valence-corrected chi connectivity index (χ2v) is 8.42. The minimum atomic E-state index is -0.627. The third-order valence-corrected chi connectivity index (χ3v) is 6.02.